The number of hydrogen-bond acceptors (Lipinski definition) is 4. The van der Waals surface area contributed by atoms with Crippen LogP contribution in [0.4, 0.5) is 0 Å². The maximum absolute atomic E-state index is 10.1. The summed E-state index contributed by atoms with van der Waals surface area (Å²) in [6.07, 6.45) is 3.58. The van der Waals surface area contributed by atoms with Gasteiger partial charge in [0.15, 0.2) is 11.5 Å². The van der Waals surface area contributed by atoms with Crippen molar-refractivity contribution in [1.82, 2.24) is 10.3 Å². The lowest BCUT2D eigenvalue weighted by Gasteiger charge is -2.15. The maximum atomic E-state index is 10.1. The standard InChI is InChI=1S/C15H17BrN2O2/c1-10(11-4-3-5-17-8-11)18-9-12-6-13(16)7-14(20-2)15(12)19/h3-8,10,18-19H,9H2,1-2H3. The van der Waals surface area contributed by atoms with Gasteiger partial charge in [-0.15, -0.1) is 0 Å². The Morgan fingerprint density at radius 2 is 2.25 bits per heavy atom. The zero-order chi connectivity index (χ0) is 14.5. The molecule has 2 aromatic rings. The third kappa shape index (κ3) is 3.49. The van der Waals surface area contributed by atoms with Gasteiger partial charge in [-0.25, -0.2) is 0 Å². The first kappa shape index (κ1) is 14.8. The minimum Gasteiger partial charge on any atom is -0.504 e. The van der Waals surface area contributed by atoms with Gasteiger partial charge < -0.3 is 15.2 Å². The first-order valence-electron chi connectivity index (χ1n) is 6.30. The van der Waals surface area contributed by atoms with Crippen LogP contribution in [-0.2, 0) is 6.54 Å². The molecule has 0 spiro atoms. The molecular formula is C15H17BrN2O2. The number of aromatic hydroxyl groups is 1. The molecule has 0 saturated heterocycles. The van der Waals surface area contributed by atoms with Crippen LogP contribution in [0.5, 0.6) is 11.5 Å². The number of aromatic nitrogens is 1. The lowest BCUT2D eigenvalue weighted by atomic mass is 10.1. The van der Waals surface area contributed by atoms with Crippen LogP contribution in [0.1, 0.15) is 24.1 Å². The third-order valence-corrected chi connectivity index (χ3v) is 3.58. The number of hydrogen-bond donors (Lipinski definition) is 2. The fourth-order valence-electron chi connectivity index (χ4n) is 1.93. The van der Waals surface area contributed by atoms with Crippen LogP contribution in [0.3, 0.4) is 0 Å². The van der Waals surface area contributed by atoms with Crippen LogP contribution < -0.4 is 10.1 Å². The number of ether oxygens (including phenoxy) is 1. The summed E-state index contributed by atoms with van der Waals surface area (Å²) in [4.78, 5) is 4.10. The van der Waals surface area contributed by atoms with Crippen molar-refractivity contribution in [3.63, 3.8) is 0 Å². The molecule has 0 fully saturated rings. The normalized spacial score (nSPS) is 12.2. The number of pyridine rings is 1. The molecule has 1 atom stereocenters. The Kier molecular flexibility index (Phi) is 4.98. The van der Waals surface area contributed by atoms with E-state index in [9.17, 15) is 5.11 Å². The highest BCUT2D eigenvalue weighted by Crippen LogP contribution is 2.33. The third-order valence-electron chi connectivity index (χ3n) is 3.12. The fourth-order valence-corrected chi connectivity index (χ4v) is 2.42. The van der Waals surface area contributed by atoms with E-state index >= 15 is 0 Å². The average Bonchev–Trinajstić information content (AvgIpc) is 2.48. The molecule has 20 heavy (non-hydrogen) atoms. The zero-order valence-electron chi connectivity index (χ0n) is 11.4. The summed E-state index contributed by atoms with van der Waals surface area (Å²) in [5, 5.41) is 13.5. The average molecular weight is 337 g/mol. The van der Waals surface area contributed by atoms with Crippen molar-refractivity contribution < 1.29 is 9.84 Å². The number of benzene rings is 1. The minimum absolute atomic E-state index is 0.146. The van der Waals surface area contributed by atoms with Crippen LogP contribution in [0.25, 0.3) is 0 Å². The Hall–Kier alpha value is -1.59. The summed E-state index contributed by atoms with van der Waals surface area (Å²) in [6, 6.07) is 7.69. The summed E-state index contributed by atoms with van der Waals surface area (Å²) >= 11 is 3.41. The number of nitrogens with one attached hydrogen (secondary N) is 1. The Morgan fingerprint density at radius 1 is 1.45 bits per heavy atom. The minimum atomic E-state index is 0.146. The monoisotopic (exact) mass is 336 g/mol. The SMILES string of the molecule is COc1cc(Br)cc(CNC(C)c2cccnc2)c1O. The van der Waals surface area contributed by atoms with Crippen molar-refractivity contribution in [1.29, 1.82) is 0 Å². The Morgan fingerprint density at radius 3 is 2.90 bits per heavy atom. The summed E-state index contributed by atoms with van der Waals surface area (Å²) in [6.45, 7) is 2.60. The number of nitrogens with zero attached hydrogens (tertiary/aromatic N) is 1. The van der Waals surface area contributed by atoms with Crippen molar-refractivity contribution >= 4 is 15.9 Å². The lowest BCUT2D eigenvalue weighted by Crippen LogP contribution is -2.18. The first-order valence-corrected chi connectivity index (χ1v) is 7.09. The molecule has 2 N–H and O–H groups in total. The van der Waals surface area contributed by atoms with Crippen LogP contribution in [0, 0.1) is 0 Å². The van der Waals surface area contributed by atoms with E-state index in [4.69, 9.17) is 4.74 Å². The van der Waals surface area contributed by atoms with Crippen LogP contribution >= 0.6 is 15.9 Å². The van der Waals surface area contributed by atoms with Gasteiger partial charge in [-0.2, -0.15) is 0 Å². The van der Waals surface area contributed by atoms with Crippen LogP contribution in [0.15, 0.2) is 41.1 Å². The predicted octanol–water partition coefficient (Wildman–Crippen LogP) is 3.41. The summed E-state index contributed by atoms with van der Waals surface area (Å²) in [5.41, 5.74) is 1.89. The first-order chi connectivity index (χ1) is 9.61. The molecule has 2 rings (SSSR count). The molecule has 0 aliphatic carbocycles. The quantitative estimate of drug-likeness (QED) is 0.878. The molecule has 1 heterocycles. The van der Waals surface area contributed by atoms with E-state index in [0.717, 1.165) is 15.6 Å². The van der Waals surface area contributed by atoms with E-state index in [0.29, 0.717) is 12.3 Å². The van der Waals surface area contributed by atoms with E-state index in [2.05, 4.69) is 33.2 Å². The smallest absolute Gasteiger partial charge is 0.162 e. The second kappa shape index (κ2) is 6.72. The summed E-state index contributed by atoms with van der Waals surface area (Å²) in [5.74, 6) is 0.631. The molecule has 5 heteroatoms. The maximum Gasteiger partial charge on any atom is 0.162 e. The van der Waals surface area contributed by atoms with Gasteiger partial charge in [0, 0.05) is 35.0 Å². The molecule has 0 saturated carbocycles. The molecule has 0 aliphatic rings. The molecule has 1 aromatic carbocycles. The summed E-state index contributed by atoms with van der Waals surface area (Å²) in [7, 11) is 1.54. The number of phenolic OH excluding ortho intramolecular Hbond substituents is 1. The molecule has 1 unspecified atom stereocenters. The second-order valence-electron chi connectivity index (χ2n) is 4.50. The van der Waals surface area contributed by atoms with Crippen molar-refractivity contribution in [2.24, 2.45) is 0 Å². The van der Waals surface area contributed by atoms with E-state index in [1.54, 1.807) is 12.3 Å². The topological polar surface area (TPSA) is 54.4 Å². The molecule has 0 amide bonds. The Balaban J connectivity index is 2.09. The molecular weight excluding hydrogens is 320 g/mol. The fraction of sp³-hybridized carbons (Fsp3) is 0.267. The van der Waals surface area contributed by atoms with Crippen LogP contribution in [-0.4, -0.2) is 17.2 Å². The van der Waals surface area contributed by atoms with Gasteiger partial charge in [0.1, 0.15) is 0 Å². The number of phenols is 1. The Bertz CT molecular complexity index is 576. The van der Waals surface area contributed by atoms with E-state index in [1.165, 1.54) is 7.11 Å². The van der Waals surface area contributed by atoms with Gasteiger partial charge in [0.05, 0.1) is 7.11 Å². The van der Waals surface area contributed by atoms with Crippen molar-refractivity contribution in [2.75, 3.05) is 7.11 Å². The van der Waals surface area contributed by atoms with Gasteiger partial charge in [0.2, 0.25) is 0 Å². The lowest BCUT2D eigenvalue weighted by molar-refractivity contribution is 0.368. The number of methoxy groups -OCH3 is 1. The van der Waals surface area contributed by atoms with E-state index < -0.39 is 0 Å². The highest BCUT2D eigenvalue weighted by atomic mass is 79.9. The zero-order valence-corrected chi connectivity index (χ0v) is 13.0. The van der Waals surface area contributed by atoms with E-state index in [1.807, 2.05) is 24.4 Å². The molecule has 106 valence electrons. The molecule has 1 aromatic heterocycles. The van der Waals surface area contributed by atoms with Crippen LogP contribution in [0.2, 0.25) is 0 Å². The predicted molar refractivity (Wildman–Crippen MR) is 81.9 cm³/mol. The highest BCUT2D eigenvalue weighted by molar-refractivity contribution is 9.10. The van der Waals surface area contributed by atoms with Crippen molar-refractivity contribution in [3.8, 4) is 11.5 Å². The molecule has 0 radical (unpaired) electrons. The largest absolute Gasteiger partial charge is 0.504 e. The second-order valence-corrected chi connectivity index (χ2v) is 5.42. The highest BCUT2D eigenvalue weighted by Gasteiger charge is 2.11. The molecule has 0 aliphatic heterocycles. The number of halogens is 1. The Labute approximate surface area is 126 Å². The van der Waals surface area contributed by atoms with Gasteiger partial charge >= 0.3 is 0 Å². The molecule has 0 bridgehead atoms. The van der Waals surface area contributed by atoms with Gasteiger partial charge in [-0.05, 0) is 30.7 Å². The van der Waals surface area contributed by atoms with Crippen molar-refractivity contribution in [2.45, 2.75) is 19.5 Å². The van der Waals surface area contributed by atoms with Gasteiger partial charge in [-0.3, -0.25) is 4.98 Å². The number of rotatable bonds is 5. The van der Waals surface area contributed by atoms with Gasteiger partial charge in [0.25, 0.3) is 0 Å². The van der Waals surface area contributed by atoms with E-state index in [-0.39, 0.29) is 11.8 Å². The summed E-state index contributed by atoms with van der Waals surface area (Å²) < 4.78 is 6.01. The molecule has 4 nitrogen and oxygen atoms in total. The van der Waals surface area contributed by atoms with Crippen molar-refractivity contribution in [3.05, 3.63) is 52.3 Å². The van der Waals surface area contributed by atoms with Gasteiger partial charge in [-0.1, -0.05) is 22.0 Å².